The Kier molecular flexibility index (Phi) is 2.31. The van der Waals surface area contributed by atoms with Gasteiger partial charge in [0.1, 0.15) is 5.70 Å². The van der Waals surface area contributed by atoms with Gasteiger partial charge in [-0.2, -0.15) is 4.98 Å². The first-order chi connectivity index (χ1) is 8.34. The minimum atomic E-state index is 0.697. The highest BCUT2D eigenvalue weighted by Crippen LogP contribution is 2.13. The van der Waals surface area contributed by atoms with Gasteiger partial charge in [0.15, 0.2) is 5.82 Å². The Balaban J connectivity index is 1.94. The van der Waals surface area contributed by atoms with E-state index in [4.69, 9.17) is 0 Å². The van der Waals surface area contributed by atoms with Crippen LogP contribution in [0.1, 0.15) is 6.92 Å². The first kappa shape index (κ1) is 9.92. The monoisotopic (exact) mass is 226 g/mol. The van der Waals surface area contributed by atoms with Crippen molar-refractivity contribution in [1.82, 2.24) is 15.2 Å². The fourth-order valence-corrected chi connectivity index (χ4v) is 1.74. The normalized spacial score (nSPS) is 18.4. The van der Waals surface area contributed by atoms with Gasteiger partial charge in [0.2, 0.25) is 0 Å². The Bertz CT molecular complexity index is 582. The second kappa shape index (κ2) is 3.95. The summed E-state index contributed by atoms with van der Waals surface area (Å²) < 4.78 is 0. The molecule has 1 aliphatic heterocycles. The van der Waals surface area contributed by atoms with E-state index in [1.807, 2.05) is 43.3 Å². The number of hydrogen-bond donors (Lipinski definition) is 2. The van der Waals surface area contributed by atoms with Crippen molar-refractivity contribution in [3.63, 3.8) is 0 Å². The van der Waals surface area contributed by atoms with Crippen molar-refractivity contribution in [2.75, 3.05) is 0 Å². The van der Waals surface area contributed by atoms with Crippen LogP contribution in [-0.4, -0.2) is 21.4 Å². The third-order valence-electron chi connectivity index (χ3n) is 2.64. The summed E-state index contributed by atoms with van der Waals surface area (Å²) in [7, 11) is 0. The molecular formula is C12H12N5+. The third-order valence-corrected chi connectivity index (χ3v) is 2.64. The second-order valence-corrected chi connectivity index (χ2v) is 3.85. The van der Waals surface area contributed by atoms with Gasteiger partial charge in [-0.15, -0.1) is 10.1 Å². The standard InChI is InChI=1S/C12H11N5/c1-9-7-8-13-17(9)12-14-11(15-16-12)10-5-3-2-4-6-10/h2-8H,1H3,(H,14,15,16)/p+1. The smallest absolute Gasteiger partial charge is 0.210 e. The van der Waals surface area contributed by atoms with Crippen LogP contribution in [0.4, 0.5) is 5.95 Å². The van der Waals surface area contributed by atoms with E-state index in [1.165, 1.54) is 0 Å². The molecule has 0 aliphatic carbocycles. The SMILES string of the molecule is CC1=CC=N[NH+]1c1nc(-c2ccccc2)n[nH]1. The van der Waals surface area contributed by atoms with E-state index in [0.717, 1.165) is 16.3 Å². The maximum absolute atomic E-state index is 4.45. The van der Waals surface area contributed by atoms with Gasteiger partial charge in [-0.25, -0.2) is 5.10 Å². The fourth-order valence-electron chi connectivity index (χ4n) is 1.74. The van der Waals surface area contributed by atoms with E-state index in [1.54, 1.807) is 6.21 Å². The van der Waals surface area contributed by atoms with E-state index in [-0.39, 0.29) is 0 Å². The zero-order chi connectivity index (χ0) is 11.7. The number of allylic oxidation sites excluding steroid dienone is 2. The molecule has 0 radical (unpaired) electrons. The number of aromatic amines is 1. The van der Waals surface area contributed by atoms with Crippen molar-refractivity contribution in [1.29, 1.82) is 0 Å². The minimum absolute atomic E-state index is 0.697. The average Bonchev–Trinajstić information content (AvgIpc) is 2.98. The molecule has 0 fully saturated rings. The molecule has 1 atom stereocenters. The zero-order valence-corrected chi connectivity index (χ0v) is 9.38. The Hall–Kier alpha value is -2.27. The molecule has 2 heterocycles. The molecule has 0 saturated carbocycles. The predicted molar refractivity (Wildman–Crippen MR) is 64.7 cm³/mol. The highest BCUT2D eigenvalue weighted by Gasteiger charge is 2.22. The third kappa shape index (κ3) is 1.76. The van der Waals surface area contributed by atoms with Crippen LogP contribution < -0.4 is 5.01 Å². The van der Waals surface area contributed by atoms with Crippen LogP contribution >= 0.6 is 0 Å². The van der Waals surface area contributed by atoms with Crippen molar-refractivity contribution in [3.05, 3.63) is 42.1 Å². The molecule has 1 aromatic heterocycles. The van der Waals surface area contributed by atoms with E-state index in [0.29, 0.717) is 11.8 Å². The van der Waals surface area contributed by atoms with Crippen molar-refractivity contribution in [2.24, 2.45) is 5.10 Å². The Morgan fingerprint density at radius 3 is 2.71 bits per heavy atom. The molecule has 1 aliphatic rings. The number of hydrogen-bond acceptors (Lipinski definition) is 3. The molecule has 1 unspecified atom stereocenters. The lowest BCUT2D eigenvalue weighted by molar-refractivity contribution is -0.799. The van der Waals surface area contributed by atoms with Crippen molar-refractivity contribution in [3.8, 4) is 11.4 Å². The zero-order valence-electron chi connectivity index (χ0n) is 9.38. The van der Waals surface area contributed by atoms with Gasteiger partial charge in [-0.05, 0) is 0 Å². The van der Waals surface area contributed by atoms with Crippen LogP contribution in [-0.2, 0) is 0 Å². The van der Waals surface area contributed by atoms with Gasteiger partial charge in [0, 0.05) is 18.6 Å². The first-order valence-electron chi connectivity index (χ1n) is 5.41. The summed E-state index contributed by atoms with van der Waals surface area (Å²) in [4.78, 5) is 4.45. The quantitative estimate of drug-likeness (QED) is 0.799. The van der Waals surface area contributed by atoms with Gasteiger partial charge in [-0.3, -0.25) is 0 Å². The minimum Gasteiger partial charge on any atom is -0.210 e. The highest BCUT2D eigenvalue weighted by molar-refractivity contribution is 5.72. The number of aromatic nitrogens is 3. The molecule has 2 aromatic rings. The van der Waals surface area contributed by atoms with Crippen LogP contribution in [0.25, 0.3) is 11.4 Å². The van der Waals surface area contributed by atoms with Crippen LogP contribution in [0.3, 0.4) is 0 Å². The first-order valence-corrected chi connectivity index (χ1v) is 5.41. The summed E-state index contributed by atoms with van der Waals surface area (Å²) in [6, 6.07) is 9.88. The molecular weight excluding hydrogens is 214 g/mol. The number of nitrogens with one attached hydrogen (secondary N) is 2. The highest BCUT2D eigenvalue weighted by atomic mass is 15.5. The molecule has 1 aromatic carbocycles. The molecule has 5 nitrogen and oxygen atoms in total. The molecule has 0 saturated heterocycles. The lowest BCUT2D eigenvalue weighted by Crippen LogP contribution is -2.99. The lowest BCUT2D eigenvalue weighted by Gasteiger charge is -2.01. The lowest BCUT2D eigenvalue weighted by atomic mass is 10.2. The number of benzene rings is 1. The van der Waals surface area contributed by atoms with Gasteiger partial charge in [0.05, 0.1) is 6.21 Å². The average molecular weight is 226 g/mol. The molecule has 3 rings (SSSR count). The summed E-state index contributed by atoms with van der Waals surface area (Å²) in [5.41, 5.74) is 2.10. The summed E-state index contributed by atoms with van der Waals surface area (Å²) >= 11 is 0. The maximum Gasteiger partial charge on any atom is 0.355 e. The molecule has 0 amide bonds. The summed E-state index contributed by atoms with van der Waals surface area (Å²) in [6.07, 6.45) is 3.73. The predicted octanol–water partition coefficient (Wildman–Crippen LogP) is 0.891. The van der Waals surface area contributed by atoms with Crippen molar-refractivity contribution in [2.45, 2.75) is 6.92 Å². The van der Waals surface area contributed by atoms with Gasteiger partial charge < -0.3 is 0 Å². The van der Waals surface area contributed by atoms with E-state index < -0.39 is 0 Å². The number of quaternary nitrogens is 1. The largest absolute Gasteiger partial charge is 0.355 e. The van der Waals surface area contributed by atoms with E-state index in [2.05, 4.69) is 20.3 Å². The van der Waals surface area contributed by atoms with E-state index in [9.17, 15) is 0 Å². The number of nitrogens with zero attached hydrogens (tertiary/aromatic N) is 3. The fraction of sp³-hybridized carbons (Fsp3) is 0.0833. The summed E-state index contributed by atoms with van der Waals surface area (Å²) in [6.45, 7) is 2.01. The van der Waals surface area contributed by atoms with Gasteiger partial charge >= 0.3 is 5.95 Å². The van der Waals surface area contributed by atoms with Crippen LogP contribution in [0.15, 0.2) is 47.2 Å². The number of H-pyrrole nitrogens is 1. The molecule has 17 heavy (non-hydrogen) atoms. The molecule has 84 valence electrons. The Morgan fingerprint density at radius 1 is 1.18 bits per heavy atom. The van der Waals surface area contributed by atoms with Crippen LogP contribution in [0.2, 0.25) is 0 Å². The second-order valence-electron chi connectivity index (χ2n) is 3.85. The van der Waals surface area contributed by atoms with Gasteiger partial charge in [-0.1, -0.05) is 35.4 Å². The van der Waals surface area contributed by atoms with Crippen LogP contribution in [0, 0.1) is 0 Å². The molecule has 2 N–H and O–H groups in total. The Labute approximate surface area is 98.5 Å². The van der Waals surface area contributed by atoms with Crippen molar-refractivity contribution < 1.29 is 5.01 Å². The van der Waals surface area contributed by atoms with E-state index >= 15 is 0 Å². The topological polar surface area (TPSA) is 58.4 Å². The molecule has 0 bridgehead atoms. The summed E-state index contributed by atoms with van der Waals surface area (Å²) in [5, 5.41) is 12.3. The summed E-state index contributed by atoms with van der Waals surface area (Å²) in [5.74, 6) is 1.41. The van der Waals surface area contributed by atoms with Crippen molar-refractivity contribution >= 4 is 12.2 Å². The Morgan fingerprint density at radius 2 is 2.00 bits per heavy atom. The van der Waals surface area contributed by atoms with Gasteiger partial charge in [0.25, 0.3) is 0 Å². The maximum atomic E-state index is 4.45. The molecule has 0 spiro atoms. The molecule has 5 heteroatoms. The number of rotatable bonds is 2. The van der Waals surface area contributed by atoms with Crippen LogP contribution in [0.5, 0.6) is 0 Å².